The third kappa shape index (κ3) is 9.16. The van der Waals surface area contributed by atoms with E-state index in [2.05, 4.69) is 22.2 Å². The lowest BCUT2D eigenvalue weighted by molar-refractivity contribution is -0.153. The number of hydrogen-bond donors (Lipinski definition) is 2. The number of furan rings is 1. The Bertz CT molecular complexity index is 1750. The highest BCUT2D eigenvalue weighted by Gasteiger charge is 2.39. The van der Waals surface area contributed by atoms with E-state index in [-0.39, 0.29) is 36.6 Å². The second kappa shape index (κ2) is 16.1. The number of carboxylic acids is 1. The molecule has 1 saturated heterocycles. The minimum absolute atomic E-state index is 0.109. The molecule has 10 heteroatoms. The SMILES string of the molecule is CCCCCCCOc1ccc(-c2cnc(-c3ccc(C[C@H](NC(=O)c4oc(C(C)(C)C)cc4C)C(=O)N4CC(C(=O)O)C4)cc3)nc2)cc1. The molecule has 0 radical (unpaired) electrons. The Morgan fingerprint density at radius 1 is 0.940 bits per heavy atom. The zero-order valence-corrected chi connectivity index (χ0v) is 29.7. The van der Waals surface area contributed by atoms with Crippen molar-refractivity contribution in [2.75, 3.05) is 19.7 Å². The molecule has 2 aromatic heterocycles. The fraction of sp³-hybridized carbons (Fsp3) is 0.425. The predicted octanol–water partition coefficient (Wildman–Crippen LogP) is 7.24. The lowest BCUT2D eigenvalue weighted by Gasteiger charge is -2.38. The maximum absolute atomic E-state index is 13.5. The van der Waals surface area contributed by atoms with Gasteiger partial charge in [0.15, 0.2) is 11.6 Å². The van der Waals surface area contributed by atoms with E-state index >= 15 is 0 Å². The molecule has 1 fully saturated rings. The van der Waals surface area contributed by atoms with E-state index in [0.717, 1.165) is 41.0 Å². The highest BCUT2D eigenvalue weighted by Crippen LogP contribution is 2.28. The summed E-state index contributed by atoms with van der Waals surface area (Å²) in [6, 6.07) is 16.4. The Balaban J connectivity index is 1.23. The van der Waals surface area contributed by atoms with Crippen LogP contribution in [-0.4, -0.2) is 63.5 Å². The van der Waals surface area contributed by atoms with E-state index in [4.69, 9.17) is 9.15 Å². The molecule has 0 unspecified atom stereocenters. The normalized spacial score (nSPS) is 13.8. The second-order valence-corrected chi connectivity index (χ2v) is 14.2. The van der Waals surface area contributed by atoms with Gasteiger partial charge in [0, 0.05) is 54.0 Å². The number of amides is 2. The first-order valence-corrected chi connectivity index (χ1v) is 17.5. The summed E-state index contributed by atoms with van der Waals surface area (Å²) < 4.78 is 11.8. The van der Waals surface area contributed by atoms with Crippen LogP contribution in [-0.2, 0) is 21.4 Å². The minimum Gasteiger partial charge on any atom is -0.494 e. The van der Waals surface area contributed by atoms with Crippen molar-refractivity contribution in [2.45, 2.75) is 84.6 Å². The monoisotopic (exact) mass is 680 g/mol. The number of unbranched alkanes of at least 4 members (excludes halogenated alkanes) is 4. The van der Waals surface area contributed by atoms with Crippen LogP contribution in [0.15, 0.2) is 71.4 Å². The van der Waals surface area contributed by atoms with E-state index in [9.17, 15) is 19.5 Å². The van der Waals surface area contributed by atoms with Crippen LogP contribution in [0.4, 0.5) is 0 Å². The molecule has 1 aliphatic heterocycles. The summed E-state index contributed by atoms with van der Waals surface area (Å²) in [5, 5.41) is 12.2. The van der Waals surface area contributed by atoms with E-state index in [1.165, 1.54) is 30.6 Å². The molecule has 3 heterocycles. The van der Waals surface area contributed by atoms with Crippen molar-refractivity contribution in [3.05, 3.63) is 89.6 Å². The average Bonchev–Trinajstić information content (AvgIpc) is 3.48. The smallest absolute Gasteiger partial charge is 0.310 e. The van der Waals surface area contributed by atoms with Crippen molar-refractivity contribution in [1.29, 1.82) is 0 Å². The van der Waals surface area contributed by atoms with Crippen LogP contribution in [0.5, 0.6) is 5.75 Å². The van der Waals surface area contributed by atoms with Gasteiger partial charge < -0.3 is 24.5 Å². The van der Waals surface area contributed by atoms with Gasteiger partial charge in [-0.05, 0) is 42.7 Å². The van der Waals surface area contributed by atoms with Gasteiger partial charge in [0.2, 0.25) is 5.91 Å². The molecule has 264 valence electrons. The van der Waals surface area contributed by atoms with Gasteiger partial charge in [0.25, 0.3) is 5.91 Å². The van der Waals surface area contributed by atoms with Gasteiger partial charge >= 0.3 is 5.97 Å². The van der Waals surface area contributed by atoms with E-state index in [1.54, 1.807) is 19.3 Å². The summed E-state index contributed by atoms with van der Waals surface area (Å²) in [5.74, 6) is -0.116. The maximum atomic E-state index is 13.5. The number of likely N-dealkylation sites (tertiary alicyclic amines) is 1. The zero-order valence-electron chi connectivity index (χ0n) is 29.7. The summed E-state index contributed by atoms with van der Waals surface area (Å²) in [4.78, 5) is 48.9. The van der Waals surface area contributed by atoms with E-state index in [1.807, 2.05) is 75.4 Å². The molecule has 0 aliphatic carbocycles. The molecule has 2 amide bonds. The fourth-order valence-electron chi connectivity index (χ4n) is 5.83. The molecule has 10 nitrogen and oxygen atoms in total. The zero-order chi connectivity index (χ0) is 35.8. The van der Waals surface area contributed by atoms with Crippen LogP contribution in [0.2, 0.25) is 0 Å². The molecule has 50 heavy (non-hydrogen) atoms. The van der Waals surface area contributed by atoms with Gasteiger partial charge in [-0.25, -0.2) is 9.97 Å². The fourth-order valence-corrected chi connectivity index (χ4v) is 5.83. The number of nitrogens with one attached hydrogen (secondary N) is 1. The third-order valence-corrected chi connectivity index (χ3v) is 9.02. The number of carbonyl (C=O) groups is 3. The minimum atomic E-state index is -0.937. The van der Waals surface area contributed by atoms with Crippen LogP contribution < -0.4 is 10.1 Å². The van der Waals surface area contributed by atoms with Crippen LogP contribution in [0.1, 0.15) is 87.2 Å². The number of ether oxygens (including phenoxy) is 1. The van der Waals surface area contributed by atoms with Gasteiger partial charge in [0.05, 0.1) is 12.5 Å². The molecule has 0 spiro atoms. The second-order valence-electron chi connectivity index (χ2n) is 14.2. The summed E-state index contributed by atoms with van der Waals surface area (Å²) in [5.41, 5.74) is 3.90. The highest BCUT2D eigenvalue weighted by molar-refractivity contribution is 5.97. The molecule has 1 atom stereocenters. The number of benzene rings is 2. The number of nitrogens with zero attached hydrogens (tertiary/aromatic N) is 3. The number of rotatable bonds is 15. The maximum Gasteiger partial charge on any atom is 0.310 e. The Morgan fingerprint density at radius 2 is 1.58 bits per heavy atom. The van der Waals surface area contributed by atoms with Crippen molar-refractivity contribution in [1.82, 2.24) is 20.2 Å². The highest BCUT2D eigenvalue weighted by atomic mass is 16.5. The lowest BCUT2D eigenvalue weighted by Crippen LogP contribution is -2.59. The molecular weight excluding hydrogens is 632 g/mol. The van der Waals surface area contributed by atoms with Crippen LogP contribution in [0, 0.1) is 12.8 Å². The van der Waals surface area contributed by atoms with Gasteiger partial charge in [-0.15, -0.1) is 0 Å². The Labute approximate surface area is 294 Å². The number of aryl methyl sites for hydroxylation is 1. The molecule has 2 aromatic carbocycles. The number of hydrogen-bond acceptors (Lipinski definition) is 7. The Kier molecular flexibility index (Phi) is 11.7. The number of carboxylic acid groups (broad SMARTS) is 1. The summed E-state index contributed by atoms with van der Waals surface area (Å²) in [6.07, 6.45) is 9.81. The molecular formula is C40H48N4O6. The van der Waals surface area contributed by atoms with Gasteiger partial charge in [-0.3, -0.25) is 14.4 Å². The van der Waals surface area contributed by atoms with E-state index in [0.29, 0.717) is 17.1 Å². The summed E-state index contributed by atoms with van der Waals surface area (Å²) in [7, 11) is 0. The standard InChI is InChI=1S/C40H48N4O6/c1-6-7-8-9-10-19-49-32-17-15-28(16-18-32)30-22-41-36(42-23-30)29-13-11-27(12-14-29)21-33(38(46)44-24-31(25-44)39(47)48)43-37(45)35-26(2)20-34(50-35)40(3,4)5/h11-18,20,22-23,31,33H,6-10,19,21,24-25H2,1-5H3,(H,43,45)(H,47,48)/t33-/m0/s1. The molecule has 0 saturated carbocycles. The summed E-state index contributed by atoms with van der Waals surface area (Å²) >= 11 is 0. The molecule has 5 rings (SSSR count). The quantitative estimate of drug-likeness (QED) is 0.126. The number of carbonyl (C=O) groups excluding carboxylic acids is 2. The van der Waals surface area contributed by atoms with Crippen molar-refractivity contribution in [3.8, 4) is 28.3 Å². The average molecular weight is 681 g/mol. The van der Waals surface area contributed by atoms with Gasteiger partial charge in [0.1, 0.15) is 17.6 Å². The molecule has 1 aliphatic rings. The molecule has 0 bridgehead atoms. The van der Waals surface area contributed by atoms with Crippen LogP contribution in [0.3, 0.4) is 0 Å². The van der Waals surface area contributed by atoms with Gasteiger partial charge in [-0.2, -0.15) is 0 Å². The Morgan fingerprint density at radius 3 is 2.18 bits per heavy atom. The first-order chi connectivity index (χ1) is 23.9. The first kappa shape index (κ1) is 36.3. The topological polar surface area (TPSA) is 135 Å². The van der Waals surface area contributed by atoms with Crippen LogP contribution in [0.25, 0.3) is 22.5 Å². The Hall–Kier alpha value is -4.99. The first-order valence-electron chi connectivity index (χ1n) is 17.5. The van der Waals surface area contributed by atoms with Crippen LogP contribution >= 0.6 is 0 Å². The third-order valence-electron chi connectivity index (χ3n) is 9.02. The van der Waals surface area contributed by atoms with Crippen molar-refractivity contribution >= 4 is 17.8 Å². The predicted molar refractivity (Wildman–Crippen MR) is 192 cm³/mol. The van der Waals surface area contributed by atoms with E-state index < -0.39 is 23.8 Å². The van der Waals surface area contributed by atoms with Crippen molar-refractivity contribution in [3.63, 3.8) is 0 Å². The van der Waals surface area contributed by atoms with Crippen molar-refractivity contribution < 1.29 is 28.6 Å². The number of aliphatic carboxylic acids is 1. The largest absolute Gasteiger partial charge is 0.494 e. The van der Waals surface area contributed by atoms with Gasteiger partial charge in [-0.1, -0.05) is 89.8 Å². The molecule has 2 N–H and O–H groups in total. The molecule has 4 aromatic rings. The summed E-state index contributed by atoms with van der Waals surface area (Å²) in [6.45, 7) is 10.9. The van der Waals surface area contributed by atoms with Crippen molar-refractivity contribution in [2.24, 2.45) is 5.92 Å². The lowest BCUT2D eigenvalue weighted by atomic mass is 9.93. The number of aromatic nitrogens is 2.